The van der Waals surface area contributed by atoms with E-state index in [-0.39, 0.29) is 17.2 Å². The molecule has 0 aliphatic rings. The summed E-state index contributed by atoms with van der Waals surface area (Å²) in [5.41, 5.74) is 3.30. The van der Waals surface area contributed by atoms with Gasteiger partial charge in [0, 0.05) is 10.6 Å². The third kappa shape index (κ3) is 5.06. The Morgan fingerprint density at radius 2 is 1.97 bits per heavy atom. The Bertz CT molecular complexity index is 1250. The fraction of sp³-hybridized carbons (Fsp3) is 0.208. The lowest BCUT2D eigenvalue weighted by atomic mass is 10.2. The van der Waals surface area contributed by atoms with Gasteiger partial charge in [0.25, 0.3) is 5.56 Å². The predicted molar refractivity (Wildman–Crippen MR) is 131 cm³/mol. The van der Waals surface area contributed by atoms with Crippen molar-refractivity contribution in [1.82, 2.24) is 14.9 Å². The van der Waals surface area contributed by atoms with Crippen LogP contribution in [0.25, 0.3) is 15.9 Å². The maximum absolute atomic E-state index is 13.4. The third-order valence-corrected chi connectivity index (χ3v) is 6.96. The Hall–Kier alpha value is -2.90. The Kier molecular flexibility index (Phi) is 7.30. The van der Waals surface area contributed by atoms with Crippen molar-refractivity contribution in [2.24, 2.45) is 0 Å². The zero-order valence-corrected chi connectivity index (χ0v) is 19.7. The zero-order chi connectivity index (χ0) is 22.5. The van der Waals surface area contributed by atoms with E-state index in [1.807, 2.05) is 70.2 Å². The molecule has 0 aliphatic carbocycles. The number of allylic oxidation sites excluding steroid dienone is 5. The summed E-state index contributed by atoms with van der Waals surface area (Å²) in [4.78, 5) is 32.5. The lowest BCUT2D eigenvalue weighted by Gasteiger charge is -2.12. The van der Waals surface area contributed by atoms with Crippen LogP contribution in [-0.2, 0) is 4.79 Å². The number of carbonyl (C=O) groups is 1. The topological polar surface area (TPSA) is 64.0 Å². The first-order chi connectivity index (χ1) is 14.8. The van der Waals surface area contributed by atoms with Gasteiger partial charge in [-0.3, -0.25) is 14.2 Å². The normalized spacial score (nSPS) is 12.3. The van der Waals surface area contributed by atoms with Crippen LogP contribution in [-0.4, -0.2) is 21.2 Å². The predicted octanol–water partition coefficient (Wildman–Crippen LogP) is 5.31. The van der Waals surface area contributed by atoms with Crippen molar-refractivity contribution in [3.8, 4) is 5.69 Å². The molecule has 0 spiro atoms. The third-order valence-electron chi connectivity index (χ3n) is 4.92. The molecule has 0 saturated carbocycles. The number of benzene rings is 1. The van der Waals surface area contributed by atoms with Crippen molar-refractivity contribution in [3.63, 3.8) is 0 Å². The van der Waals surface area contributed by atoms with E-state index in [0.717, 1.165) is 27.4 Å². The van der Waals surface area contributed by atoms with E-state index >= 15 is 0 Å². The summed E-state index contributed by atoms with van der Waals surface area (Å²) in [6, 6.07) is 9.41. The van der Waals surface area contributed by atoms with Gasteiger partial charge in [-0.25, -0.2) is 4.98 Å². The van der Waals surface area contributed by atoms with Crippen molar-refractivity contribution >= 4 is 39.2 Å². The van der Waals surface area contributed by atoms with Crippen LogP contribution < -0.4 is 10.9 Å². The van der Waals surface area contributed by atoms with Gasteiger partial charge in [-0.05, 0) is 51.0 Å². The second-order valence-electron chi connectivity index (χ2n) is 7.07. The molecule has 3 rings (SSSR count). The molecule has 0 atom stereocenters. The van der Waals surface area contributed by atoms with E-state index in [0.29, 0.717) is 15.4 Å². The molecule has 0 unspecified atom stereocenters. The van der Waals surface area contributed by atoms with E-state index in [9.17, 15) is 9.59 Å². The number of hydrogen-bond acceptors (Lipinski definition) is 5. The highest BCUT2D eigenvalue weighted by Crippen LogP contribution is 2.29. The molecule has 2 heterocycles. The van der Waals surface area contributed by atoms with E-state index in [2.05, 4.69) is 11.9 Å². The molecule has 1 aromatic carbocycles. The number of amides is 1. The van der Waals surface area contributed by atoms with Crippen LogP contribution in [0.2, 0.25) is 0 Å². The van der Waals surface area contributed by atoms with Gasteiger partial charge in [0.15, 0.2) is 5.16 Å². The number of carbonyl (C=O) groups excluding carboxylic acids is 1. The summed E-state index contributed by atoms with van der Waals surface area (Å²) >= 11 is 2.76. The number of nitrogens with one attached hydrogen (secondary N) is 1. The monoisotopic (exact) mass is 451 g/mol. The fourth-order valence-electron chi connectivity index (χ4n) is 2.99. The van der Waals surface area contributed by atoms with Crippen LogP contribution in [0.4, 0.5) is 0 Å². The molecule has 7 heteroatoms. The highest BCUT2D eigenvalue weighted by atomic mass is 32.2. The molecule has 0 fully saturated rings. The van der Waals surface area contributed by atoms with E-state index in [4.69, 9.17) is 4.98 Å². The number of rotatable bonds is 7. The summed E-state index contributed by atoms with van der Waals surface area (Å²) in [6.07, 6.45) is 5.40. The summed E-state index contributed by atoms with van der Waals surface area (Å²) in [5.74, 6) is -0.00876. The molecule has 5 nitrogen and oxygen atoms in total. The number of para-hydroxylation sites is 1. The quantitative estimate of drug-likeness (QED) is 0.300. The Balaban J connectivity index is 1.95. The molecule has 3 aromatic rings. The number of thioether (sulfide) groups is 1. The molecule has 0 aliphatic heterocycles. The van der Waals surface area contributed by atoms with Gasteiger partial charge in [0.1, 0.15) is 4.83 Å². The van der Waals surface area contributed by atoms with E-state index < -0.39 is 0 Å². The van der Waals surface area contributed by atoms with Crippen molar-refractivity contribution in [1.29, 1.82) is 0 Å². The maximum Gasteiger partial charge on any atom is 0.267 e. The van der Waals surface area contributed by atoms with Gasteiger partial charge in [-0.2, -0.15) is 0 Å². The summed E-state index contributed by atoms with van der Waals surface area (Å²) < 4.78 is 1.60. The number of hydrogen-bond donors (Lipinski definition) is 1. The number of nitrogens with zero attached hydrogens (tertiary/aromatic N) is 2. The number of aromatic nitrogens is 2. The number of thiophene rings is 1. The average molecular weight is 452 g/mol. The van der Waals surface area contributed by atoms with Gasteiger partial charge in [-0.15, -0.1) is 11.3 Å². The Labute approximate surface area is 190 Å². The molecular weight excluding hydrogens is 426 g/mol. The second-order valence-corrected chi connectivity index (χ2v) is 9.22. The summed E-state index contributed by atoms with van der Waals surface area (Å²) in [5, 5.41) is 4.05. The molecule has 0 bridgehead atoms. The lowest BCUT2D eigenvalue weighted by molar-refractivity contribution is -0.117. The van der Waals surface area contributed by atoms with Gasteiger partial charge in [0.2, 0.25) is 5.91 Å². The largest absolute Gasteiger partial charge is 0.329 e. The standard InChI is InChI=1S/C24H25N3O2S2/c1-6-7-11-15(2)17(4)25-20(28)14-30-24-26-22-21(16(3)18(5)31-22)23(29)27(24)19-12-9-8-10-13-19/h6-13H,1,14H2,2-5H3,(H,25,28)/b11-7-,17-15?. The van der Waals surface area contributed by atoms with Crippen LogP contribution in [0.5, 0.6) is 0 Å². The molecule has 1 N–H and O–H groups in total. The zero-order valence-electron chi connectivity index (χ0n) is 18.1. The summed E-state index contributed by atoms with van der Waals surface area (Å²) in [6.45, 7) is 11.4. The second kappa shape index (κ2) is 9.94. The molecule has 1 amide bonds. The van der Waals surface area contributed by atoms with E-state index in [1.165, 1.54) is 23.1 Å². The maximum atomic E-state index is 13.4. The minimum atomic E-state index is -0.152. The van der Waals surface area contributed by atoms with Crippen LogP contribution in [0, 0.1) is 13.8 Å². The van der Waals surface area contributed by atoms with Crippen LogP contribution >= 0.6 is 23.1 Å². The smallest absolute Gasteiger partial charge is 0.267 e. The van der Waals surface area contributed by atoms with Gasteiger partial charge in [-0.1, -0.05) is 54.8 Å². The van der Waals surface area contributed by atoms with Crippen LogP contribution in [0.1, 0.15) is 24.3 Å². The number of aryl methyl sites for hydroxylation is 2. The van der Waals surface area contributed by atoms with Crippen LogP contribution in [0.3, 0.4) is 0 Å². The molecule has 160 valence electrons. The first-order valence-electron chi connectivity index (χ1n) is 9.81. The average Bonchev–Trinajstić information content (AvgIpc) is 3.04. The minimum absolute atomic E-state index is 0.109. The minimum Gasteiger partial charge on any atom is -0.329 e. The highest BCUT2D eigenvalue weighted by Gasteiger charge is 2.18. The SMILES string of the molecule is C=C/C=C\C(C)=C(C)NC(=O)CSc1nc2sc(C)c(C)c2c(=O)n1-c1ccccc1. The molecule has 0 saturated heterocycles. The molecule has 0 radical (unpaired) electrons. The summed E-state index contributed by atoms with van der Waals surface area (Å²) in [7, 11) is 0. The first kappa shape index (κ1) is 22.8. The van der Waals surface area contributed by atoms with Gasteiger partial charge in [0.05, 0.1) is 16.8 Å². The molecular formula is C24H25N3O2S2. The number of fused-ring (bicyclic) bond motifs is 1. The Morgan fingerprint density at radius 3 is 2.65 bits per heavy atom. The van der Waals surface area contributed by atoms with Gasteiger partial charge < -0.3 is 5.32 Å². The van der Waals surface area contributed by atoms with Crippen molar-refractivity contribution in [2.45, 2.75) is 32.9 Å². The lowest BCUT2D eigenvalue weighted by Crippen LogP contribution is -2.26. The van der Waals surface area contributed by atoms with Crippen LogP contribution in [0.15, 0.2) is 76.4 Å². The van der Waals surface area contributed by atoms with Crippen molar-refractivity contribution in [2.75, 3.05) is 5.75 Å². The first-order valence-corrected chi connectivity index (χ1v) is 11.6. The fourth-order valence-corrected chi connectivity index (χ4v) is 4.87. The Morgan fingerprint density at radius 1 is 1.26 bits per heavy atom. The molecule has 31 heavy (non-hydrogen) atoms. The van der Waals surface area contributed by atoms with E-state index in [1.54, 1.807) is 10.6 Å². The highest BCUT2D eigenvalue weighted by molar-refractivity contribution is 7.99. The van der Waals surface area contributed by atoms with Crippen molar-refractivity contribution < 1.29 is 4.79 Å². The molecule has 2 aromatic heterocycles. The van der Waals surface area contributed by atoms with Gasteiger partial charge >= 0.3 is 0 Å². The van der Waals surface area contributed by atoms with Crippen molar-refractivity contribution in [3.05, 3.63) is 87.2 Å².